The molecular weight excluding hydrogens is 224 g/mol. The minimum atomic E-state index is -0.234. The highest BCUT2D eigenvalue weighted by atomic mass is 16.5. The first-order valence-corrected chi connectivity index (χ1v) is 5.42. The third-order valence-electron chi connectivity index (χ3n) is 2.66. The maximum absolute atomic E-state index is 9.44. The van der Waals surface area contributed by atoms with Gasteiger partial charge in [-0.05, 0) is 12.8 Å². The summed E-state index contributed by atoms with van der Waals surface area (Å²) >= 11 is 0. The maximum atomic E-state index is 9.44. The van der Waals surface area contributed by atoms with Crippen molar-refractivity contribution in [1.29, 1.82) is 0 Å². The van der Waals surface area contributed by atoms with Crippen LogP contribution < -0.4 is 20.9 Å². The number of anilines is 2. The Morgan fingerprint density at radius 2 is 2.06 bits per heavy atom. The molecule has 2 rings (SSSR count). The highest BCUT2D eigenvalue weighted by Crippen LogP contribution is 2.18. The Bertz CT molecular complexity index is 357. The molecule has 8 heteroatoms. The Morgan fingerprint density at radius 1 is 1.35 bits per heavy atom. The summed E-state index contributed by atoms with van der Waals surface area (Å²) in [7, 11) is 1.49. The van der Waals surface area contributed by atoms with Gasteiger partial charge in [-0.25, -0.2) is 5.84 Å². The van der Waals surface area contributed by atoms with Crippen molar-refractivity contribution < 1.29 is 9.84 Å². The van der Waals surface area contributed by atoms with Gasteiger partial charge in [0.2, 0.25) is 11.9 Å². The molecule has 4 N–H and O–H groups in total. The molecule has 0 aliphatic carbocycles. The van der Waals surface area contributed by atoms with Crippen LogP contribution in [0.15, 0.2) is 0 Å². The molecule has 0 unspecified atom stereocenters. The zero-order valence-corrected chi connectivity index (χ0v) is 9.63. The van der Waals surface area contributed by atoms with Crippen LogP contribution in [0.25, 0.3) is 0 Å². The predicted molar refractivity (Wildman–Crippen MR) is 61.6 cm³/mol. The molecule has 1 aromatic heterocycles. The molecule has 17 heavy (non-hydrogen) atoms. The van der Waals surface area contributed by atoms with Crippen molar-refractivity contribution in [2.75, 3.05) is 30.5 Å². The minimum absolute atomic E-state index is 0.217. The monoisotopic (exact) mass is 240 g/mol. The molecule has 0 saturated carbocycles. The highest BCUT2D eigenvalue weighted by molar-refractivity contribution is 5.38. The molecule has 0 aromatic carbocycles. The SMILES string of the molecule is COc1nc(NN)nc(N2CCC(O)CC2)n1. The van der Waals surface area contributed by atoms with Gasteiger partial charge >= 0.3 is 6.01 Å². The number of ether oxygens (including phenoxy) is 1. The summed E-state index contributed by atoms with van der Waals surface area (Å²) in [6.45, 7) is 1.41. The third kappa shape index (κ3) is 2.71. The summed E-state index contributed by atoms with van der Waals surface area (Å²) in [5.41, 5.74) is 2.37. The van der Waals surface area contributed by atoms with Gasteiger partial charge in [0.25, 0.3) is 0 Å². The van der Waals surface area contributed by atoms with E-state index >= 15 is 0 Å². The summed E-state index contributed by atoms with van der Waals surface area (Å²) in [5.74, 6) is 6.05. The second kappa shape index (κ2) is 5.11. The summed E-state index contributed by atoms with van der Waals surface area (Å²) in [6.07, 6.45) is 1.18. The van der Waals surface area contributed by atoms with Gasteiger partial charge in [0.15, 0.2) is 0 Å². The Hall–Kier alpha value is -1.67. The number of aliphatic hydroxyl groups excluding tert-OH is 1. The topological polar surface area (TPSA) is 109 Å². The quantitative estimate of drug-likeness (QED) is 0.462. The average Bonchev–Trinajstić information content (AvgIpc) is 2.39. The molecule has 0 radical (unpaired) electrons. The van der Waals surface area contributed by atoms with E-state index in [0.717, 1.165) is 0 Å². The lowest BCUT2D eigenvalue weighted by Gasteiger charge is -2.29. The van der Waals surface area contributed by atoms with E-state index in [1.165, 1.54) is 7.11 Å². The number of nitrogens with one attached hydrogen (secondary N) is 1. The van der Waals surface area contributed by atoms with E-state index in [0.29, 0.717) is 31.9 Å². The standard InChI is InChI=1S/C9H16N6O2/c1-17-9-12-7(14-10)11-8(13-9)15-4-2-6(16)3-5-15/h6,16H,2-5,10H2,1H3,(H,11,12,13,14). The van der Waals surface area contributed by atoms with Crippen molar-refractivity contribution in [3.05, 3.63) is 0 Å². The molecule has 8 nitrogen and oxygen atoms in total. The number of aromatic nitrogens is 3. The van der Waals surface area contributed by atoms with E-state index in [4.69, 9.17) is 10.6 Å². The molecule has 94 valence electrons. The number of piperidine rings is 1. The maximum Gasteiger partial charge on any atom is 0.322 e. The molecule has 0 atom stereocenters. The van der Waals surface area contributed by atoms with Crippen LogP contribution in [0.2, 0.25) is 0 Å². The van der Waals surface area contributed by atoms with Crippen molar-refractivity contribution in [3.8, 4) is 6.01 Å². The van der Waals surface area contributed by atoms with E-state index in [1.54, 1.807) is 0 Å². The fourth-order valence-corrected chi connectivity index (χ4v) is 1.71. The number of methoxy groups -OCH3 is 1. The summed E-state index contributed by atoms with van der Waals surface area (Å²) in [4.78, 5) is 14.2. The van der Waals surface area contributed by atoms with Gasteiger partial charge in [0.05, 0.1) is 13.2 Å². The minimum Gasteiger partial charge on any atom is -0.467 e. The number of aliphatic hydroxyl groups is 1. The Balaban J connectivity index is 2.19. The van der Waals surface area contributed by atoms with E-state index in [1.807, 2.05) is 4.90 Å². The fraction of sp³-hybridized carbons (Fsp3) is 0.667. The number of hydrogen-bond donors (Lipinski definition) is 3. The lowest BCUT2D eigenvalue weighted by molar-refractivity contribution is 0.145. The summed E-state index contributed by atoms with van der Waals surface area (Å²) < 4.78 is 4.98. The predicted octanol–water partition coefficient (Wildman–Crippen LogP) is -0.873. The Morgan fingerprint density at radius 3 is 2.65 bits per heavy atom. The van der Waals surface area contributed by atoms with Crippen LogP contribution in [-0.2, 0) is 0 Å². The molecule has 1 aliphatic rings. The van der Waals surface area contributed by atoms with Gasteiger partial charge in [-0.3, -0.25) is 5.43 Å². The third-order valence-corrected chi connectivity index (χ3v) is 2.66. The Labute approximate surface area is 98.8 Å². The molecule has 2 heterocycles. The van der Waals surface area contributed by atoms with Crippen molar-refractivity contribution >= 4 is 11.9 Å². The van der Waals surface area contributed by atoms with Gasteiger partial charge in [0, 0.05) is 13.1 Å². The van der Waals surface area contributed by atoms with E-state index in [9.17, 15) is 5.11 Å². The first kappa shape index (κ1) is 11.8. The number of hydrazine groups is 1. The summed E-state index contributed by atoms with van der Waals surface area (Å²) in [6, 6.07) is 0.217. The molecule has 1 fully saturated rings. The average molecular weight is 240 g/mol. The van der Waals surface area contributed by atoms with Crippen LogP contribution in [0.1, 0.15) is 12.8 Å². The first-order chi connectivity index (χ1) is 8.22. The van der Waals surface area contributed by atoms with Gasteiger partial charge in [0.1, 0.15) is 0 Å². The van der Waals surface area contributed by atoms with E-state index in [-0.39, 0.29) is 18.1 Å². The number of nitrogens with zero attached hydrogens (tertiary/aromatic N) is 4. The zero-order valence-electron chi connectivity index (χ0n) is 9.63. The van der Waals surface area contributed by atoms with Crippen LogP contribution in [0.5, 0.6) is 6.01 Å². The number of rotatable bonds is 3. The largest absolute Gasteiger partial charge is 0.467 e. The molecular formula is C9H16N6O2. The van der Waals surface area contributed by atoms with E-state index < -0.39 is 0 Å². The number of hydrogen-bond acceptors (Lipinski definition) is 8. The second-order valence-corrected chi connectivity index (χ2v) is 3.81. The molecule has 0 spiro atoms. The lowest BCUT2D eigenvalue weighted by atomic mass is 10.1. The van der Waals surface area contributed by atoms with Crippen LogP contribution in [0, 0.1) is 0 Å². The van der Waals surface area contributed by atoms with Crippen molar-refractivity contribution in [3.63, 3.8) is 0 Å². The van der Waals surface area contributed by atoms with Gasteiger partial charge in [-0.15, -0.1) is 0 Å². The van der Waals surface area contributed by atoms with Gasteiger partial charge in [-0.2, -0.15) is 15.0 Å². The van der Waals surface area contributed by atoms with Crippen molar-refractivity contribution in [1.82, 2.24) is 15.0 Å². The fourth-order valence-electron chi connectivity index (χ4n) is 1.71. The lowest BCUT2D eigenvalue weighted by Crippen LogP contribution is -2.37. The molecule has 1 saturated heterocycles. The molecule has 0 amide bonds. The van der Waals surface area contributed by atoms with Gasteiger partial charge in [-0.1, -0.05) is 0 Å². The van der Waals surface area contributed by atoms with Crippen LogP contribution >= 0.6 is 0 Å². The number of nitrogen functional groups attached to an aromatic ring is 1. The van der Waals surface area contributed by atoms with Crippen molar-refractivity contribution in [2.24, 2.45) is 5.84 Å². The van der Waals surface area contributed by atoms with Crippen LogP contribution in [-0.4, -0.2) is 46.4 Å². The number of nitrogens with two attached hydrogens (primary N) is 1. The van der Waals surface area contributed by atoms with Crippen molar-refractivity contribution in [2.45, 2.75) is 18.9 Å². The van der Waals surface area contributed by atoms with Crippen LogP contribution in [0.4, 0.5) is 11.9 Å². The zero-order chi connectivity index (χ0) is 12.3. The second-order valence-electron chi connectivity index (χ2n) is 3.81. The molecule has 1 aliphatic heterocycles. The van der Waals surface area contributed by atoms with E-state index in [2.05, 4.69) is 20.4 Å². The highest BCUT2D eigenvalue weighted by Gasteiger charge is 2.20. The van der Waals surface area contributed by atoms with Crippen LogP contribution in [0.3, 0.4) is 0 Å². The van der Waals surface area contributed by atoms with Gasteiger partial charge < -0.3 is 14.7 Å². The first-order valence-electron chi connectivity index (χ1n) is 5.42. The molecule has 1 aromatic rings. The normalized spacial score (nSPS) is 17.0. The smallest absolute Gasteiger partial charge is 0.322 e. The Kier molecular flexibility index (Phi) is 3.55. The summed E-state index contributed by atoms with van der Waals surface area (Å²) in [5, 5.41) is 9.44. The molecule has 0 bridgehead atoms.